The van der Waals surface area contributed by atoms with Gasteiger partial charge in [0, 0.05) is 37.7 Å². The highest BCUT2D eigenvalue weighted by Crippen LogP contribution is 2.21. The standard InChI is InChI=1S/C20H22N6O2/c1-2-28-19-15(5-3-10-22-19)18(27)24-14-8-12-26(13-14)20-23-11-7-17(25-20)16-6-4-9-21-16/h3-7,9-11,14,21H,2,8,12-13H2,1H3,(H,24,27). The quantitative estimate of drug-likeness (QED) is 0.683. The van der Waals surface area contributed by atoms with Crippen LogP contribution in [-0.2, 0) is 0 Å². The highest BCUT2D eigenvalue weighted by Gasteiger charge is 2.27. The van der Waals surface area contributed by atoms with E-state index in [4.69, 9.17) is 4.74 Å². The summed E-state index contributed by atoms with van der Waals surface area (Å²) in [5, 5.41) is 3.07. The van der Waals surface area contributed by atoms with E-state index in [-0.39, 0.29) is 11.9 Å². The number of amides is 1. The molecule has 0 radical (unpaired) electrons. The summed E-state index contributed by atoms with van der Waals surface area (Å²) in [4.78, 5) is 31.1. The maximum absolute atomic E-state index is 12.7. The fraction of sp³-hybridized carbons (Fsp3) is 0.300. The Morgan fingerprint density at radius 2 is 2.21 bits per heavy atom. The fourth-order valence-electron chi connectivity index (χ4n) is 3.28. The molecule has 0 aliphatic carbocycles. The lowest BCUT2D eigenvalue weighted by Gasteiger charge is -2.17. The highest BCUT2D eigenvalue weighted by atomic mass is 16.5. The fourth-order valence-corrected chi connectivity index (χ4v) is 3.28. The first-order valence-electron chi connectivity index (χ1n) is 9.35. The average molecular weight is 378 g/mol. The van der Waals surface area contributed by atoms with Gasteiger partial charge in [-0.05, 0) is 43.7 Å². The molecule has 3 aromatic rings. The number of rotatable bonds is 6. The minimum absolute atomic E-state index is 0.0138. The Morgan fingerprint density at radius 3 is 3.04 bits per heavy atom. The molecule has 4 rings (SSSR count). The zero-order valence-corrected chi connectivity index (χ0v) is 15.6. The van der Waals surface area contributed by atoms with Gasteiger partial charge in [-0.2, -0.15) is 0 Å². The smallest absolute Gasteiger partial charge is 0.257 e. The van der Waals surface area contributed by atoms with Crippen molar-refractivity contribution in [3.8, 4) is 17.3 Å². The van der Waals surface area contributed by atoms with Crippen molar-refractivity contribution in [2.75, 3.05) is 24.6 Å². The molecule has 8 nitrogen and oxygen atoms in total. The second kappa shape index (κ2) is 8.08. The first kappa shape index (κ1) is 18.0. The van der Waals surface area contributed by atoms with Crippen LogP contribution in [0.5, 0.6) is 5.88 Å². The Kier molecular flexibility index (Phi) is 5.18. The number of aromatic amines is 1. The molecule has 0 spiro atoms. The topological polar surface area (TPSA) is 96.0 Å². The van der Waals surface area contributed by atoms with E-state index in [2.05, 4.69) is 30.2 Å². The van der Waals surface area contributed by atoms with Gasteiger partial charge in [0.15, 0.2) is 0 Å². The van der Waals surface area contributed by atoms with Crippen LogP contribution in [0.15, 0.2) is 48.9 Å². The molecule has 1 fully saturated rings. The lowest BCUT2D eigenvalue weighted by molar-refractivity contribution is 0.0935. The summed E-state index contributed by atoms with van der Waals surface area (Å²) in [6.07, 6.45) is 6.07. The molecule has 144 valence electrons. The van der Waals surface area contributed by atoms with Crippen molar-refractivity contribution in [1.29, 1.82) is 0 Å². The zero-order chi connectivity index (χ0) is 19.3. The maximum atomic E-state index is 12.7. The van der Waals surface area contributed by atoms with Crippen LogP contribution in [0.4, 0.5) is 5.95 Å². The molecule has 8 heteroatoms. The Bertz CT molecular complexity index is 943. The number of carbonyl (C=O) groups excluding carboxylic acids is 1. The number of pyridine rings is 1. The van der Waals surface area contributed by atoms with Gasteiger partial charge in [0.1, 0.15) is 5.56 Å². The Hall–Kier alpha value is -3.42. The van der Waals surface area contributed by atoms with Crippen LogP contribution in [0.25, 0.3) is 11.4 Å². The number of hydrogen-bond donors (Lipinski definition) is 2. The van der Waals surface area contributed by atoms with E-state index in [1.807, 2.05) is 31.3 Å². The molecular weight excluding hydrogens is 356 g/mol. The number of ether oxygens (including phenoxy) is 1. The molecule has 1 aliphatic heterocycles. The number of aromatic nitrogens is 4. The molecule has 1 atom stereocenters. The molecular formula is C20H22N6O2. The number of H-pyrrole nitrogens is 1. The summed E-state index contributed by atoms with van der Waals surface area (Å²) in [5.74, 6) is 0.851. The summed E-state index contributed by atoms with van der Waals surface area (Å²) in [6.45, 7) is 3.77. The average Bonchev–Trinajstić information content (AvgIpc) is 3.41. The molecule has 3 aromatic heterocycles. The van der Waals surface area contributed by atoms with Crippen LogP contribution in [0.2, 0.25) is 0 Å². The summed E-state index contributed by atoms with van der Waals surface area (Å²) in [5.41, 5.74) is 2.25. The van der Waals surface area contributed by atoms with Crippen molar-refractivity contribution in [3.05, 3.63) is 54.5 Å². The van der Waals surface area contributed by atoms with Gasteiger partial charge in [0.05, 0.1) is 18.0 Å². The zero-order valence-electron chi connectivity index (χ0n) is 15.6. The highest BCUT2D eigenvalue weighted by molar-refractivity contribution is 5.96. The number of nitrogens with zero attached hydrogens (tertiary/aromatic N) is 4. The SMILES string of the molecule is CCOc1ncccc1C(=O)NC1CCN(c2nccc(-c3ccc[nH]3)n2)C1. The van der Waals surface area contributed by atoms with E-state index in [9.17, 15) is 4.79 Å². The molecule has 0 saturated carbocycles. The minimum Gasteiger partial charge on any atom is -0.477 e. The number of anilines is 1. The van der Waals surface area contributed by atoms with Gasteiger partial charge in [0.2, 0.25) is 11.8 Å². The third-order valence-electron chi connectivity index (χ3n) is 4.62. The molecule has 1 aliphatic rings. The van der Waals surface area contributed by atoms with E-state index in [0.717, 1.165) is 24.4 Å². The molecule has 0 bridgehead atoms. The second-order valence-electron chi connectivity index (χ2n) is 6.52. The summed E-state index contributed by atoms with van der Waals surface area (Å²) in [6, 6.07) is 9.26. The van der Waals surface area contributed by atoms with Crippen molar-refractivity contribution >= 4 is 11.9 Å². The Morgan fingerprint density at radius 1 is 1.29 bits per heavy atom. The van der Waals surface area contributed by atoms with Crippen LogP contribution in [0.3, 0.4) is 0 Å². The lowest BCUT2D eigenvalue weighted by Crippen LogP contribution is -2.37. The molecule has 28 heavy (non-hydrogen) atoms. The minimum atomic E-state index is -0.176. The molecule has 2 N–H and O–H groups in total. The van der Waals surface area contributed by atoms with E-state index in [1.165, 1.54) is 0 Å². The van der Waals surface area contributed by atoms with E-state index in [1.54, 1.807) is 24.5 Å². The predicted molar refractivity (Wildman–Crippen MR) is 105 cm³/mol. The van der Waals surface area contributed by atoms with Crippen molar-refractivity contribution in [2.45, 2.75) is 19.4 Å². The molecule has 0 aromatic carbocycles. The molecule has 1 saturated heterocycles. The van der Waals surface area contributed by atoms with Crippen LogP contribution in [0.1, 0.15) is 23.7 Å². The van der Waals surface area contributed by atoms with Gasteiger partial charge in [-0.15, -0.1) is 0 Å². The Labute approximate surface area is 163 Å². The number of nitrogens with one attached hydrogen (secondary N) is 2. The predicted octanol–water partition coefficient (Wildman–Crippen LogP) is 2.27. The largest absolute Gasteiger partial charge is 0.477 e. The monoisotopic (exact) mass is 378 g/mol. The molecule has 4 heterocycles. The van der Waals surface area contributed by atoms with Gasteiger partial charge >= 0.3 is 0 Å². The van der Waals surface area contributed by atoms with Gasteiger partial charge in [-0.25, -0.2) is 15.0 Å². The van der Waals surface area contributed by atoms with E-state index >= 15 is 0 Å². The van der Waals surface area contributed by atoms with E-state index < -0.39 is 0 Å². The van der Waals surface area contributed by atoms with Crippen LogP contribution in [0, 0.1) is 0 Å². The second-order valence-corrected chi connectivity index (χ2v) is 6.52. The van der Waals surface area contributed by atoms with Gasteiger partial charge in [-0.1, -0.05) is 0 Å². The Balaban J connectivity index is 1.42. The normalized spacial score (nSPS) is 16.2. The summed E-state index contributed by atoms with van der Waals surface area (Å²) >= 11 is 0. The number of carbonyl (C=O) groups is 1. The van der Waals surface area contributed by atoms with Gasteiger partial charge < -0.3 is 19.9 Å². The third kappa shape index (κ3) is 3.80. The van der Waals surface area contributed by atoms with Crippen LogP contribution < -0.4 is 15.0 Å². The van der Waals surface area contributed by atoms with Gasteiger partial charge in [0.25, 0.3) is 5.91 Å². The van der Waals surface area contributed by atoms with Crippen molar-refractivity contribution < 1.29 is 9.53 Å². The van der Waals surface area contributed by atoms with Gasteiger partial charge in [-0.3, -0.25) is 4.79 Å². The van der Waals surface area contributed by atoms with Crippen LogP contribution in [-0.4, -0.2) is 51.6 Å². The summed E-state index contributed by atoms with van der Waals surface area (Å²) < 4.78 is 5.46. The van der Waals surface area contributed by atoms with Crippen LogP contribution >= 0.6 is 0 Å². The van der Waals surface area contributed by atoms with E-state index in [0.29, 0.717) is 30.5 Å². The lowest BCUT2D eigenvalue weighted by atomic mass is 10.2. The van der Waals surface area contributed by atoms with Crippen molar-refractivity contribution in [2.24, 2.45) is 0 Å². The first-order valence-corrected chi connectivity index (χ1v) is 9.35. The van der Waals surface area contributed by atoms with Crippen molar-refractivity contribution in [3.63, 3.8) is 0 Å². The number of hydrogen-bond acceptors (Lipinski definition) is 6. The summed E-state index contributed by atoms with van der Waals surface area (Å²) in [7, 11) is 0. The molecule has 1 unspecified atom stereocenters. The third-order valence-corrected chi connectivity index (χ3v) is 4.62. The maximum Gasteiger partial charge on any atom is 0.257 e. The van der Waals surface area contributed by atoms with Crippen molar-refractivity contribution in [1.82, 2.24) is 25.3 Å². The molecule has 1 amide bonds. The first-order chi connectivity index (χ1) is 13.7.